The number of aromatic nitrogens is 2. The molecule has 0 fully saturated rings. The van der Waals surface area contributed by atoms with Gasteiger partial charge in [-0.25, -0.2) is 4.79 Å². The molecule has 7 nitrogen and oxygen atoms in total. The third-order valence-electron chi connectivity index (χ3n) is 3.29. The van der Waals surface area contributed by atoms with E-state index in [1.165, 1.54) is 31.4 Å². The summed E-state index contributed by atoms with van der Waals surface area (Å²) in [5.74, 6) is -0.688. The van der Waals surface area contributed by atoms with Crippen LogP contribution in [0.5, 0.6) is 0 Å². The maximum absolute atomic E-state index is 12.2. The number of esters is 1. The molecule has 1 aromatic heterocycles. The van der Waals surface area contributed by atoms with Crippen LogP contribution in [0.4, 0.5) is 6.01 Å². The van der Waals surface area contributed by atoms with E-state index in [1.54, 1.807) is 24.3 Å². The fraction of sp³-hybridized carbons (Fsp3) is 0.0588. The van der Waals surface area contributed by atoms with Crippen molar-refractivity contribution in [1.29, 1.82) is 0 Å². The first-order valence-corrected chi connectivity index (χ1v) is 7.54. The number of nitrogens with one attached hydrogen (secondary N) is 1. The van der Waals surface area contributed by atoms with E-state index in [9.17, 15) is 9.59 Å². The van der Waals surface area contributed by atoms with E-state index >= 15 is 0 Å². The summed E-state index contributed by atoms with van der Waals surface area (Å²) in [5, 5.41) is 10.7. The second kappa shape index (κ2) is 7.14. The number of carbonyl (C=O) groups excluding carboxylic acids is 2. The molecule has 1 amide bonds. The normalized spacial score (nSPS) is 10.3. The highest BCUT2D eigenvalue weighted by molar-refractivity contribution is 6.30. The fourth-order valence-electron chi connectivity index (χ4n) is 2.06. The SMILES string of the molecule is COC(=O)c1ccc(C(=O)Nc2nnc(-c3cccc(Cl)c3)o2)cc1. The zero-order valence-electron chi connectivity index (χ0n) is 13.0. The number of ether oxygens (including phenoxy) is 1. The molecule has 0 aliphatic rings. The summed E-state index contributed by atoms with van der Waals surface area (Å²) < 4.78 is 10.0. The zero-order valence-corrected chi connectivity index (χ0v) is 13.8. The van der Waals surface area contributed by atoms with Crippen molar-refractivity contribution in [2.45, 2.75) is 0 Å². The molecule has 1 N–H and O–H groups in total. The van der Waals surface area contributed by atoms with Crippen molar-refractivity contribution in [2.24, 2.45) is 0 Å². The number of nitrogens with zero attached hydrogens (tertiary/aromatic N) is 2. The van der Waals surface area contributed by atoms with E-state index in [0.717, 1.165) is 0 Å². The highest BCUT2D eigenvalue weighted by Crippen LogP contribution is 2.23. The molecule has 0 saturated heterocycles. The second-order valence-electron chi connectivity index (χ2n) is 4.95. The number of hydrogen-bond donors (Lipinski definition) is 1. The summed E-state index contributed by atoms with van der Waals surface area (Å²) in [4.78, 5) is 23.6. The van der Waals surface area contributed by atoms with Gasteiger partial charge >= 0.3 is 12.0 Å². The predicted molar refractivity (Wildman–Crippen MR) is 90.5 cm³/mol. The first-order chi connectivity index (χ1) is 12.1. The average Bonchev–Trinajstić information content (AvgIpc) is 3.09. The molecule has 0 aliphatic heterocycles. The first-order valence-electron chi connectivity index (χ1n) is 7.16. The molecule has 126 valence electrons. The highest BCUT2D eigenvalue weighted by Gasteiger charge is 2.14. The van der Waals surface area contributed by atoms with Crippen LogP contribution in [0, 0.1) is 0 Å². The molecule has 0 bridgehead atoms. The van der Waals surface area contributed by atoms with Gasteiger partial charge in [0.15, 0.2) is 0 Å². The maximum Gasteiger partial charge on any atom is 0.337 e. The van der Waals surface area contributed by atoms with Crippen molar-refractivity contribution in [3.63, 3.8) is 0 Å². The van der Waals surface area contributed by atoms with Crippen LogP contribution < -0.4 is 5.32 Å². The Bertz CT molecular complexity index is 922. The molecule has 3 rings (SSSR count). The van der Waals surface area contributed by atoms with E-state index in [0.29, 0.717) is 21.7 Å². The molecule has 0 unspecified atom stereocenters. The standard InChI is InChI=1S/C17H12ClN3O4/c1-24-16(23)11-7-5-10(6-8-11)14(22)19-17-21-20-15(25-17)12-3-2-4-13(18)9-12/h2-9H,1H3,(H,19,21,22). The quantitative estimate of drug-likeness (QED) is 0.719. The number of hydrogen-bond acceptors (Lipinski definition) is 6. The minimum Gasteiger partial charge on any atom is -0.465 e. The van der Waals surface area contributed by atoms with Crippen LogP contribution in [-0.2, 0) is 4.74 Å². The minimum atomic E-state index is -0.477. The van der Waals surface area contributed by atoms with Gasteiger partial charge in [-0.15, -0.1) is 5.10 Å². The number of carbonyl (C=O) groups is 2. The molecular weight excluding hydrogens is 346 g/mol. The lowest BCUT2D eigenvalue weighted by Crippen LogP contribution is -2.12. The van der Waals surface area contributed by atoms with Crippen LogP contribution in [0.25, 0.3) is 11.5 Å². The molecule has 25 heavy (non-hydrogen) atoms. The van der Waals surface area contributed by atoms with Gasteiger partial charge in [0.25, 0.3) is 5.91 Å². The van der Waals surface area contributed by atoms with Crippen LogP contribution in [-0.4, -0.2) is 29.2 Å². The van der Waals surface area contributed by atoms with Crippen LogP contribution in [0.3, 0.4) is 0 Å². The summed E-state index contributed by atoms with van der Waals surface area (Å²) in [6.45, 7) is 0. The monoisotopic (exact) mass is 357 g/mol. The number of rotatable bonds is 4. The van der Waals surface area contributed by atoms with Gasteiger partial charge in [-0.3, -0.25) is 10.1 Å². The highest BCUT2D eigenvalue weighted by atomic mass is 35.5. The smallest absolute Gasteiger partial charge is 0.337 e. The Kier molecular flexibility index (Phi) is 4.76. The third kappa shape index (κ3) is 3.84. The van der Waals surface area contributed by atoms with E-state index in [4.69, 9.17) is 16.0 Å². The van der Waals surface area contributed by atoms with E-state index < -0.39 is 11.9 Å². The Balaban J connectivity index is 1.72. The van der Waals surface area contributed by atoms with Crippen molar-refractivity contribution in [3.8, 4) is 11.5 Å². The molecule has 2 aromatic carbocycles. The Morgan fingerprint density at radius 1 is 1.08 bits per heavy atom. The summed E-state index contributed by atoms with van der Waals surface area (Å²) in [7, 11) is 1.29. The number of halogens is 1. The van der Waals surface area contributed by atoms with Gasteiger partial charge in [0.2, 0.25) is 5.89 Å². The van der Waals surface area contributed by atoms with Gasteiger partial charge in [-0.1, -0.05) is 22.8 Å². The predicted octanol–water partition coefficient (Wildman–Crippen LogP) is 3.43. The maximum atomic E-state index is 12.2. The average molecular weight is 358 g/mol. The fourth-order valence-corrected chi connectivity index (χ4v) is 2.25. The Labute approximate surface area is 147 Å². The topological polar surface area (TPSA) is 94.3 Å². The molecule has 3 aromatic rings. The lowest BCUT2D eigenvalue weighted by molar-refractivity contribution is 0.0600. The first kappa shape index (κ1) is 16.7. The Morgan fingerprint density at radius 2 is 1.80 bits per heavy atom. The van der Waals surface area contributed by atoms with Gasteiger partial charge in [-0.05, 0) is 42.5 Å². The number of benzene rings is 2. The molecule has 0 radical (unpaired) electrons. The minimum absolute atomic E-state index is 0.0444. The molecule has 0 atom stereocenters. The largest absolute Gasteiger partial charge is 0.465 e. The molecular formula is C17H12ClN3O4. The van der Waals surface area contributed by atoms with Gasteiger partial charge < -0.3 is 9.15 Å². The van der Waals surface area contributed by atoms with Gasteiger partial charge in [0.1, 0.15) is 0 Å². The van der Waals surface area contributed by atoms with Crippen molar-refractivity contribution in [1.82, 2.24) is 10.2 Å². The summed E-state index contributed by atoms with van der Waals surface area (Å²) in [5.41, 5.74) is 1.32. The Morgan fingerprint density at radius 3 is 2.48 bits per heavy atom. The van der Waals surface area contributed by atoms with Crippen molar-refractivity contribution in [2.75, 3.05) is 12.4 Å². The molecule has 1 heterocycles. The lowest BCUT2D eigenvalue weighted by Gasteiger charge is -2.02. The van der Waals surface area contributed by atoms with Gasteiger partial charge in [-0.2, -0.15) is 0 Å². The van der Waals surface area contributed by atoms with Crippen molar-refractivity contribution in [3.05, 3.63) is 64.7 Å². The van der Waals surface area contributed by atoms with Crippen LogP contribution in [0.2, 0.25) is 5.02 Å². The van der Waals surface area contributed by atoms with Gasteiger partial charge in [0, 0.05) is 16.1 Å². The molecule has 0 aliphatic carbocycles. The molecule has 0 saturated carbocycles. The van der Waals surface area contributed by atoms with E-state index in [1.807, 2.05) is 0 Å². The summed E-state index contributed by atoms with van der Waals surface area (Å²) in [6.07, 6.45) is 0. The van der Waals surface area contributed by atoms with Crippen LogP contribution in [0.15, 0.2) is 52.9 Å². The molecule has 8 heteroatoms. The van der Waals surface area contributed by atoms with Crippen LogP contribution in [0.1, 0.15) is 20.7 Å². The third-order valence-corrected chi connectivity index (χ3v) is 3.52. The zero-order chi connectivity index (χ0) is 17.8. The van der Waals surface area contributed by atoms with Gasteiger partial charge in [0.05, 0.1) is 12.7 Å². The summed E-state index contributed by atoms with van der Waals surface area (Å²) in [6, 6.07) is 12.8. The van der Waals surface area contributed by atoms with Crippen molar-refractivity contribution < 1.29 is 18.7 Å². The van der Waals surface area contributed by atoms with Crippen molar-refractivity contribution >= 4 is 29.5 Å². The van der Waals surface area contributed by atoms with Crippen LogP contribution >= 0.6 is 11.6 Å². The number of amides is 1. The number of methoxy groups -OCH3 is 1. The number of anilines is 1. The van der Waals surface area contributed by atoms with E-state index in [2.05, 4.69) is 20.3 Å². The molecule has 0 spiro atoms. The second-order valence-corrected chi connectivity index (χ2v) is 5.38. The van der Waals surface area contributed by atoms with E-state index in [-0.39, 0.29) is 11.9 Å². The summed E-state index contributed by atoms with van der Waals surface area (Å²) >= 11 is 5.92. The Hall–Kier alpha value is -3.19. The lowest BCUT2D eigenvalue weighted by atomic mass is 10.1.